The molecule has 0 amide bonds. The molecule has 0 heterocycles. The first-order valence-electron chi connectivity index (χ1n) is 7.42. The number of hydrogen-bond acceptors (Lipinski definition) is 6. The van der Waals surface area contributed by atoms with Crippen molar-refractivity contribution in [3.63, 3.8) is 0 Å². The van der Waals surface area contributed by atoms with Crippen LogP contribution in [0.15, 0.2) is 30.0 Å². The minimum atomic E-state index is -4.63. The van der Waals surface area contributed by atoms with E-state index in [0.717, 1.165) is 19.4 Å². The number of alkyl halides is 3. The maximum atomic E-state index is 12.8. The molecular weight excluding hydrogens is 355 g/mol. The summed E-state index contributed by atoms with van der Waals surface area (Å²) in [4.78, 5) is 37.9. The number of carbonyl (C=O) groups excluding carboxylic acids is 3. The molecule has 0 aliphatic carbocycles. The van der Waals surface area contributed by atoms with Gasteiger partial charge in [-0.1, -0.05) is 0 Å². The second-order valence-electron chi connectivity index (χ2n) is 5.30. The van der Waals surface area contributed by atoms with Crippen molar-refractivity contribution in [2.45, 2.75) is 13.1 Å². The normalized spacial score (nSPS) is 11.7. The van der Waals surface area contributed by atoms with Gasteiger partial charge in [-0.3, -0.25) is 9.59 Å². The minimum Gasteiger partial charge on any atom is -0.496 e. The van der Waals surface area contributed by atoms with Crippen LogP contribution < -0.4 is 4.74 Å². The lowest BCUT2D eigenvalue weighted by molar-refractivity contribution is -0.151. The molecule has 1 aromatic carbocycles. The van der Waals surface area contributed by atoms with Crippen molar-refractivity contribution in [1.82, 2.24) is 4.90 Å². The maximum Gasteiger partial charge on any atom is 0.416 e. The average Bonchev–Trinajstić information content (AvgIpc) is 2.57. The quantitative estimate of drug-likeness (QED) is 0.183. The second-order valence-corrected chi connectivity index (χ2v) is 5.30. The number of halogens is 3. The van der Waals surface area contributed by atoms with Crippen LogP contribution in [0.2, 0.25) is 0 Å². The van der Waals surface area contributed by atoms with Crippen LogP contribution >= 0.6 is 0 Å². The lowest BCUT2D eigenvalue weighted by Gasteiger charge is -2.14. The van der Waals surface area contributed by atoms with Crippen molar-refractivity contribution in [3.8, 4) is 5.75 Å². The highest BCUT2D eigenvalue weighted by molar-refractivity contribution is 6.49. The van der Waals surface area contributed by atoms with E-state index in [4.69, 9.17) is 4.74 Å². The van der Waals surface area contributed by atoms with Gasteiger partial charge in [-0.2, -0.15) is 13.2 Å². The van der Waals surface area contributed by atoms with Crippen LogP contribution in [-0.2, 0) is 20.5 Å². The van der Waals surface area contributed by atoms with E-state index in [1.54, 1.807) is 0 Å². The van der Waals surface area contributed by atoms with E-state index in [9.17, 15) is 27.6 Å². The zero-order valence-corrected chi connectivity index (χ0v) is 14.6. The molecule has 0 fully saturated rings. The van der Waals surface area contributed by atoms with Gasteiger partial charge < -0.3 is 14.4 Å². The van der Waals surface area contributed by atoms with Crippen LogP contribution in [0.1, 0.15) is 22.8 Å². The monoisotopic (exact) mass is 373 g/mol. The minimum absolute atomic E-state index is 0.0718. The molecule has 6 nitrogen and oxygen atoms in total. The first-order chi connectivity index (χ1) is 12.0. The van der Waals surface area contributed by atoms with Gasteiger partial charge >= 0.3 is 12.1 Å². The number of esters is 1. The van der Waals surface area contributed by atoms with E-state index in [1.165, 1.54) is 25.9 Å². The van der Waals surface area contributed by atoms with E-state index >= 15 is 0 Å². The molecule has 142 valence electrons. The fraction of sp³-hybridized carbons (Fsp3) is 0.353. The van der Waals surface area contributed by atoms with Gasteiger partial charge in [-0.15, -0.1) is 0 Å². The second kappa shape index (κ2) is 8.50. The molecule has 1 aromatic rings. The van der Waals surface area contributed by atoms with Gasteiger partial charge in [0.2, 0.25) is 5.78 Å². The number of Topliss-reactive ketones (excluding diaryl/α,β-unsaturated/α-hetero) is 2. The number of carbonyl (C=O) groups is 3. The van der Waals surface area contributed by atoms with E-state index in [2.05, 4.69) is 4.74 Å². The SMILES string of the molecule is CCOC(=O)C(=O)C(=CN(C)C)C(=O)c1ccc(C(F)(F)F)cc1OC. The van der Waals surface area contributed by atoms with Crippen LogP contribution in [0, 0.1) is 0 Å². The zero-order chi connectivity index (χ0) is 20.1. The van der Waals surface area contributed by atoms with E-state index in [0.29, 0.717) is 12.1 Å². The lowest BCUT2D eigenvalue weighted by Crippen LogP contribution is -2.26. The third-order valence-corrected chi connectivity index (χ3v) is 3.11. The molecule has 0 radical (unpaired) electrons. The third-order valence-electron chi connectivity index (χ3n) is 3.11. The Hall–Kier alpha value is -2.84. The number of ether oxygens (including phenoxy) is 2. The number of benzene rings is 1. The molecule has 0 saturated carbocycles. The van der Waals surface area contributed by atoms with Crippen molar-refractivity contribution in [2.75, 3.05) is 27.8 Å². The summed E-state index contributed by atoms with van der Waals surface area (Å²) >= 11 is 0. The van der Waals surface area contributed by atoms with Crippen molar-refractivity contribution < 1.29 is 37.0 Å². The maximum absolute atomic E-state index is 12.8. The number of ketones is 2. The average molecular weight is 373 g/mol. The first kappa shape index (κ1) is 21.2. The number of rotatable bonds is 7. The van der Waals surface area contributed by atoms with E-state index in [-0.39, 0.29) is 17.9 Å². The summed E-state index contributed by atoms with van der Waals surface area (Å²) in [5.41, 5.74) is -1.85. The van der Waals surface area contributed by atoms with Gasteiger partial charge in [0.1, 0.15) is 5.75 Å². The van der Waals surface area contributed by atoms with Crippen molar-refractivity contribution in [1.29, 1.82) is 0 Å². The van der Waals surface area contributed by atoms with Crippen molar-refractivity contribution in [2.24, 2.45) is 0 Å². The molecule has 0 spiro atoms. The highest BCUT2D eigenvalue weighted by Gasteiger charge is 2.33. The van der Waals surface area contributed by atoms with Gasteiger partial charge in [-0.25, -0.2) is 4.79 Å². The van der Waals surface area contributed by atoms with E-state index < -0.39 is 34.8 Å². The largest absolute Gasteiger partial charge is 0.496 e. The van der Waals surface area contributed by atoms with Gasteiger partial charge in [0.25, 0.3) is 5.78 Å². The topological polar surface area (TPSA) is 72.9 Å². The summed E-state index contributed by atoms with van der Waals surface area (Å²) in [5.74, 6) is -3.76. The number of hydrogen-bond donors (Lipinski definition) is 0. The molecule has 9 heteroatoms. The molecule has 0 unspecified atom stereocenters. The Kier molecular flexibility index (Phi) is 6.93. The molecule has 0 saturated heterocycles. The Morgan fingerprint density at radius 3 is 2.27 bits per heavy atom. The van der Waals surface area contributed by atoms with Crippen LogP contribution in [0.3, 0.4) is 0 Å². The number of nitrogens with zero attached hydrogens (tertiary/aromatic N) is 1. The Balaban J connectivity index is 3.40. The molecule has 1 rings (SSSR count). The summed E-state index contributed by atoms with van der Waals surface area (Å²) in [6, 6.07) is 2.24. The molecule has 0 atom stereocenters. The van der Waals surface area contributed by atoms with Gasteiger partial charge in [0.15, 0.2) is 0 Å². The fourth-order valence-electron chi connectivity index (χ4n) is 1.99. The highest BCUT2D eigenvalue weighted by Crippen LogP contribution is 2.33. The summed E-state index contributed by atoms with van der Waals surface area (Å²) in [5, 5.41) is 0. The molecule has 0 aliphatic heterocycles. The van der Waals surface area contributed by atoms with Crippen LogP contribution in [0.4, 0.5) is 13.2 Å². The molecule has 0 aliphatic rings. The standard InChI is InChI=1S/C17H18F3NO5/c1-5-26-16(24)15(23)12(9-21(2)3)14(22)11-7-6-10(17(18,19)20)8-13(11)25-4/h6-9H,5H2,1-4H3. The van der Waals surface area contributed by atoms with Gasteiger partial charge in [0.05, 0.1) is 30.4 Å². The Morgan fingerprint density at radius 2 is 1.81 bits per heavy atom. The molecule has 26 heavy (non-hydrogen) atoms. The highest BCUT2D eigenvalue weighted by atomic mass is 19.4. The lowest BCUT2D eigenvalue weighted by atomic mass is 9.98. The van der Waals surface area contributed by atoms with Crippen molar-refractivity contribution in [3.05, 3.63) is 41.1 Å². The zero-order valence-electron chi connectivity index (χ0n) is 14.6. The molecule has 0 aromatic heterocycles. The van der Waals surface area contributed by atoms with E-state index in [1.807, 2.05) is 0 Å². The fourth-order valence-corrected chi connectivity index (χ4v) is 1.99. The van der Waals surface area contributed by atoms with Crippen LogP contribution in [-0.4, -0.2) is 50.2 Å². The summed E-state index contributed by atoms with van der Waals surface area (Å²) in [6.07, 6.45) is -3.53. The predicted molar refractivity (Wildman–Crippen MR) is 85.7 cm³/mol. The Morgan fingerprint density at radius 1 is 1.19 bits per heavy atom. The third kappa shape index (κ3) is 5.08. The molecule has 0 bridgehead atoms. The van der Waals surface area contributed by atoms with Gasteiger partial charge in [-0.05, 0) is 25.1 Å². The Labute approximate surface area is 148 Å². The number of methoxy groups -OCH3 is 1. The summed E-state index contributed by atoms with van der Waals surface area (Å²) < 4.78 is 47.9. The van der Waals surface area contributed by atoms with Crippen LogP contribution in [0.5, 0.6) is 5.75 Å². The smallest absolute Gasteiger partial charge is 0.416 e. The first-order valence-corrected chi connectivity index (χ1v) is 7.42. The summed E-state index contributed by atoms with van der Waals surface area (Å²) in [7, 11) is 4.11. The molecule has 0 N–H and O–H groups in total. The Bertz CT molecular complexity index is 738. The summed E-state index contributed by atoms with van der Waals surface area (Å²) in [6.45, 7) is 1.42. The molecular formula is C17H18F3NO5. The van der Waals surface area contributed by atoms with Gasteiger partial charge in [0, 0.05) is 20.3 Å². The van der Waals surface area contributed by atoms with Crippen LogP contribution in [0.25, 0.3) is 0 Å². The van der Waals surface area contributed by atoms with Crippen molar-refractivity contribution >= 4 is 17.5 Å². The predicted octanol–water partition coefficient (Wildman–Crippen LogP) is 2.47.